The fourth-order valence-electron chi connectivity index (χ4n) is 2.60. The number of carbonyl (C=O) groups excluding carboxylic acids is 1. The van der Waals surface area contributed by atoms with Gasteiger partial charge in [-0.1, -0.05) is 6.07 Å². The molecule has 3 N–H and O–H groups in total. The van der Waals surface area contributed by atoms with Crippen LogP contribution in [-0.2, 0) is 16.4 Å². The highest BCUT2D eigenvalue weighted by molar-refractivity contribution is 7.90. The summed E-state index contributed by atoms with van der Waals surface area (Å²) in [5.41, 5.74) is -0.936. The Kier molecular flexibility index (Phi) is 4.66. The molecule has 0 fully saturated rings. The van der Waals surface area contributed by atoms with Gasteiger partial charge in [0.2, 0.25) is 0 Å². The minimum atomic E-state index is -3.73. The molecule has 0 unspecified atom stereocenters. The van der Waals surface area contributed by atoms with Crippen molar-refractivity contribution in [3.05, 3.63) is 63.8 Å². The second-order valence-electron chi connectivity index (χ2n) is 5.78. The van der Waals surface area contributed by atoms with E-state index in [1.807, 2.05) is 0 Å². The first-order valence-electron chi connectivity index (χ1n) is 7.65. The summed E-state index contributed by atoms with van der Waals surface area (Å²) in [5, 5.41) is 12.6. The molecule has 140 valence electrons. The molecule has 3 aromatic rings. The Morgan fingerprint density at radius 1 is 1.33 bits per heavy atom. The van der Waals surface area contributed by atoms with E-state index in [4.69, 9.17) is 0 Å². The van der Waals surface area contributed by atoms with Crippen LogP contribution in [0.2, 0.25) is 0 Å². The monoisotopic (exact) mass is 391 g/mol. The van der Waals surface area contributed by atoms with E-state index in [0.717, 1.165) is 18.4 Å². The summed E-state index contributed by atoms with van der Waals surface area (Å²) < 4.78 is 36.9. The van der Waals surface area contributed by atoms with E-state index < -0.39 is 38.4 Å². The SMILES string of the molecule is CS(=O)(=O)c1cc(F)ccc1CNC(=O)c1c(O)c2ncccc2[nH]c1=O. The third kappa shape index (κ3) is 3.65. The van der Waals surface area contributed by atoms with Gasteiger partial charge in [0.15, 0.2) is 15.6 Å². The van der Waals surface area contributed by atoms with Crippen molar-refractivity contribution in [2.75, 3.05) is 6.26 Å². The van der Waals surface area contributed by atoms with Gasteiger partial charge in [0, 0.05) is 19.0 Å². The molecule has 0 aliphatic carbocycles. The van der Waals surface area contributed by atoms with Crippen molar-refractivity contribution in [1.29, 1.82) is 0 Å². The second-order valence-corrected chi connectivity index (χ2v) is 7.77. The molecule has 0 saturated carbocycles. The van der Waals surface area contributed by atoms with Crippen LogP contribution in [0.15, 0.2) is 46.2 Å². The molecular weight excluding hydrogens is 377 g/mol. The zero-order chi connectivity index (χ0) is 19.8. The van der Waals surface area contributed by atoms with Crippen LogP contribution in [0.4, 0.5) is 4.39 Å². The van der Waals surface area contributed by atoms with Gasteiger partial charge in [0.25, 0.3) is 11.5 Å². The maximum atomic E-state index is 13.4. The maximum Gasteiger partial charge on any atom is 0.265 e. The fraction of sp³-hybridized carbons (Fsp3) is 0.118. The Hall–Kier alpha value is -3.27. The number of rotatable bonds is 4. The van der Waals surface area contributed by atoms with Gasteiger partial charge in [-0.2, -0.15) is 0 Å². The number of carbonyl (C=O) groups is 1. The van der Waals surface area contributed by atoms with E-state index >= 15 is 0 Å². The van der Waals surface area contributed by atoms with E-state index in [-0.39, 0.29) is 28.0 Å². The Balaban J connectivity index is 1.94. The number of nitrogens with zero attached hydrogens (tertiary/aromatic N) is 1. The Labute approximate surface area is 152 Å². The van der Waals surface area contributed by atoms with Crippen LogP contribution in [0.1, 0.15) is 15.9 Å². The van der Waals surface area contributed by atoms with Gasteiger partial charge in [-0.05, 0) is 29.8 Å². The van der Waals surface area contributed by atoms with Crippen molar-refractivity contribution in [3.8, 4) is 5.75 Å². The van der Waals surface area contributed by atoms with Crippen LogP contribution in [0, 0.1) is 5.82 Å². The Morgan fingerprint density at radius 2 is 2.07 bits per heavy atom. The molecule has 0 saturated heterocycles. The molecule has 1 amide bonds. The standard InChI is InChI=1S/C17H14FN3O5S/c1-27(25,26)12-7-10(18)5-4-9(12)8-20-16(23)13-15(22)14-11(21-17(13)24)3-2-6-19-14/h2-7H,8H2,1H3,(H,20,23)(H2,21,22,24). The number of benzene rings is 1. The molecule has 8 nitrogen and oxygen atoms in total. The number of aromatic amines is 1. The normalized spacial score (nSPS) is 11.5. The van der Waals surface area contributed by atoms with Crippen LogP contribution < -0.4 is 10.9 Å². The summed E-state index contributed by atoms with van der Waals surface area (Å²) in [6.07, 6.45) is 2.30. The highest BCUT2D eigenvalue weighted by atomic mass is 32.2. The fourth-order valence-corrected chi connectivity index (χ4v) is 3.54. The quantitative estimate of drug-likeness (QED) is 0.611. The summed E-state index contributed by atoms with van der Waals surface area (Å²) in [7, 11) is -3.73. The molecule has 0 radical (unpaired) electrons. The lowest BCUT2D eigenvalue weighted by Crippen LogP contribution is -2.30. The Bertz CT molecular complexity index is 1220. The summed E-state index contributed by atoms with van der Waals surface area (Å²) in [4.78, 5) is 30.6. The van der Waals surface area contributed by atoms with Crippen LogP contribution >= 0.6 is 0 Å². The lowest BCUT2D eigenvalue weighted by molar-refractivity contribution is 0.0946. The molecule has 2 aromatic heterocycles. The highest BCUT2D eigenvalue weighted by Crippen LogP contribution is 2.22. The van der Waals surface area contributed by atoms with Crippen molar-refractivity contribution >= 4 is 26.8 Å². The summed E-state index contributed by atoms with van der Waals surface area (Å²) >= 11 is 0. The highest BCUT2D eigenvalue weighted by Gasteiger charge is 2.21. The molecular formula is C17H14FN3O5S. The zero-order valence-electron chi connectivity index (χ0n) is 14.0. The minimum Gasteiger partial charge on any atom is -0.505 e. The van der Waals surface area contributed by atoms with Crippen molar-refractivity contribution in [3.63, 3.8) is 0 Å². The van der Waals surface area contributed by atoms with Gasteiger partial charge in [-0.25, -0.2) is 12.8 Å². The molecule has 0 spiro atoms. The van der Waals surface area contributed by atoms with Crippen LogP contribution in [0.3, 0.4) is 0 Å². The number of pyridine rings is 2. The number of fused-ring (bicyclic) bond motifs is 1. The second kappa shape index (κ2) is 6.80. The molecule has 27 heavy (non-hydrogen) atoms. The lowest BCUT2D eigenvalue weighted by Gasteiger charge is -2.11. The average Bonchev–Trinajstić information content (AvgIpc) is 2.60. The first kappa shape index (κ1) is 18.5. The number of aromatic nitrogens is 2. The first-order valence-corrected chi connectivity index (χ1v) is 9.54. The zero-order valence-corrected chi connectivity index (χ0v) is 14.8. The van der Waals surface area contributed by atoms with Crippen molar-refractivity contribution < 1.29 is 22.7 Å². The van der Waals surface area contributed by atoms with E-state index in [1.54, 1.807) is 6.07 Å². The maximum absolute atomic E-state index is 13.4. The number of nitrogens with one attached hydrogen (secondary N) is 2. The van der Waals surface area contributed by atoms with Gasteiger partial charge in [-0.3, -0.25) is 14.6 Å². The van der Waals surface area contributed by atoms with Gasteiger partial charge >= 0.3 is 0 Å². The predicted molar refractivity (Wildman–Crippen MR) is 94.7 cm³/mol. The van der Waals surface area contributed by atoms with E-state index in [1.165, 1.54) is 18.3 Å². The van der Waals surface area contributed by atoms with E-state index in [0.29, 0.717) is 0 Å². The molecule has 0 atom stereocenters. The molecule has 0 aliphatic heterocycles. The molecule has 1 aromatic carbocycles. The van der Waals surface area contributed by atoms with Crippen LogP contribution in [0.25, 0.3) is 11.0 Å². The van der Waals surface area contributed by atoms with Crippen LogP contribution in [0.5, 0.6) is 5.75 Å². The first-order chi connectivity index (χ1) is 12.7. The van der Waals surface area contributed by atoms with E-state index in [2.05, 4.69) is 15.3 Å². The minimum absolute atomic E-state index is 0.0425. The number of aromatic hydroxyl groups is 1. The predicted octanol–water partition coefficient (Wildman–Crippen LogP) is 1.10. The van der Waals surface area contributed by atoms with E-state index in [9.17, 15) is 27.5 Å². The van der Waals surface area contributed by atoms with Crippen molar-refractivity contribution in [1.82, 2.24) is 15.3 Å². The number of hydrogen-bond acceptors (Lipinski definition) is 6. The summed E-state index contributed by atoms with van der Waals surface area (Å²) in [5.74, 6) is -2.25. The van der Waals surface area contributed by atoms with Gasteiger partial charge in [0.05, 0.1) is 10.4 Å². The number of H-pyrrole nitrogens is 1. The smallest absolute Gasteiger partial charge is 0.265 e. The number of hydrogen-bond donors (Lipinski definition) is 3. The van der Waals surface area contributed by atoms with Crippen molar-refractivity contribution in [2.45, 2.75) is 11.4 Å². The third-order valence-corrected chi connectivity index (χ3v) is 5.02. The molecule has 3 rings (SSSR count). The largest absolute Gasteiger partial charge is 0.505 e. The summed E-state index contributed by atoms with van der Waals surface area (Å²) in [6, 6.07) is 6.19. The molecule has 0 aliphatic rings. The lowest BCUT2D eigenvalue weighted by atomic mass is 10.1. The van der Waals surface area contributed by atoms with Gasteiger partial charge in [0.1, 0.15) is 16.9 Å². The molecule has 10 heteroatoms. The van der Waals surface area contributed by atoms with Crippen molar-refractivity contribution in [2.24, 2.45) is 0 Å². The molecule has 0 bridgehead atoms. The van der Waals surface area contributed by atoms with Crippen LogP contribution in [-0.4, -0.2) is 35.7 Å². The molecule has 2 heterocycles. The Morgan fingerprint density at radius 3 is 2.78 bits per heavy atom. The summed E-state index contributed by atoms with van der Waals surface area (Å²) in [6.45, 7) is -0.291. The topological polar surface area (TPSA) is 129 Å². The average molecular weight is 391 g/mol. The van der Waals surface area contributed by atoms with Gasteiger partial charge < -0.3 is 15.4 Å². The number of amides is 1. The number of sulfone groups is 1. The number of halogens is 1. The third-order valence-electron chi connectivity index (χ3n) is 3.84. The van der Waals surface area contributed by atoms with Gasteiger partial charge in [-0.15, -0.1) is 0 Å².